The van der Waals surface area contributed by atoms with Crippen LogP contribution in [0.15, 0.2) is 53.4 Å². The highest BCUT2D eigenvalue weighted by Crippen LogP contribution is 2.25. The van der Waals surface area contributed by atoms with Gasteiger partial charge in [-0.05, 0) is 43.3 Å². The Kier molecular flexibility index (Phi) is 5.14. The summed E-state index contributed by atoms with van der Waals surface area (Å²) in [4.78, 5) is 4.80. The number of hydrogen-bond donors (Lipinski definition) is 0. The lowest BCUT2D eigenvalue weighted by atomic mass is 10.3. The fourth-order valence-corrected chi connectivity index (χ4v) is 5.52. The van der Waals surface area contributed by atoms with Gasteiger partial charge in [-0.3, -0.25) is 0 Å². The minimum Gasteiger partial charge on any atom is -0.486 e. The van der Waals surface area contributed by atoms with Crippen molar-refractivity contribution in [3.8, 4) is 5.75 Å². The molecule has 6 nitrogen and oxygen atoms in total. The SMILES string of the molecule is C[C@@H]1COCCN1S(=O)(=O)c1ccc(OCc2nc3ccccc3s2)cc1. The number of para-hydroxylation sites is 1. The lowest BCUT2D eigenvalue weighted by Crippen LogP contribution is -2.46. The number of morpholine rings is 1. The molecule has 0 saturated carbocycles. The molecule has 1 atom stereocenters. The predicted octanol–water partition coefficient (Wildman–Crippen LogP) is 3.28. The van der Waals surface area contributed by atoms with E-state index in [1.54, 1.807) is 35.6 Å². The molecule has 27 heavy (non-hydrogen) atoms. The van der Waals surface area contributed by atoms with Gasteiger partial charge in [0.15, 0.2) is 0 Å². The topological polar surface area (TPSA) is 68.7 Å². The third kappa shape index (κ3) is 3.84. The number of aromatic nitrogens is 1. The predicted molar refractivity (Wildman–Crippen MR) is 105 cm³/mol. The molecule has 4 rings (SSSR count). The molecule has 2 aromatic carbocycles. The van der Waals surface area contributed by atoms with Gasteiger partial charge in [-0.1, -0.05) is 12.1 Å². The smallest absolute Gasteiger partial charge is 0.243 e. The van der Waals surface area contributed by atoms with Crippen LogP contribution in [0.4, 0.5) is 0 Å². The Morgan fingerprint density at radius 2 is 2.00 bits per heavy atom. The zero-order valence-corrected chi connectivity index (χ0v) is 16.5. The van der Waals surface area contributed by atoms with E-state index < -0.39 is 10.0 Å². The molecule has 142 valence electrons. The van der Waals surface area contributed by atoms with Crippen molar-refractivity contribution in [2.75, 3.05) is 19.8 Å². The highest BCUT2D eigenvalue weighted by atomic mass is 32.2. The van der Waals surface area contributed by atoms with Crippen LogP contribution in [0.2, 0.25) is 0 Å². The fourth-order valence-electron chi connectivity index (χ4n) is 3.04. The maximum atomic E-state index is 12.8. The highest BCUT2D eigenvalue weighted by molar-refractivity contribution is 7.89. The monoisotopic (exact) mass is 404 g/mol. The molecular formula is C19H20N2O4S2. The minimum absolute atomic E-state index is 0.168. The number of fused-ring (bicyclic) bond motifs is 1. The summed E-state index contributed by atoms with van der Waals surface area (Å²) in [6.07, 6.45) is 0. The van der Waals surface area contributed by atoms with E-state index in [-0.39, 0.29) is 10.9 Å². The summed E-state index contributed by atoms with van der Waals surface area (Å²) in [5.74, 6) is 0.614. The van der Waals surface area contributed by atoms with E-state index >= 15 is 0 Å². The summed E-state index contributed by atoms with van der Waals surface area (Å²) in [7, 11) is -3.52. The van der Waals surface area contributed by atoms with Crippen LogP contribution in [-0.4, -0.2) is 43.5 Å². The molecule has 0 spiro atoms. The van der Waals surface area contributed by atoms with E-state index in [0.29, 0.717) is 32.1 Å². The molecule has 3 aromatic rings. The molecule has 1 saturated heterocycles. The molecule has 0 amide bonds. The number of ether oxygens (including phenoxy) is 2. The van der Waals surface area contributed by atoms with Crippen LogP contribution in [0.3, 0.4) is 0 Å². The van der Waals surface area contributed by atoms with E-state index in [4.69, 9.17) is 9.47 Å². The summed E-state index contributed by atoms with van der Waals surface area (Å²) in [6, 6.07) is 14.3. The largest absolute Gasteiger partial charge is 0.486 e. The van der Waals surface area contributed by atoms with Crippen LogP contribution in [0.25, 0.3) is 10.2 Å². The van der Waals surface area contributed by atoms with Crippen molar-refractivity contribution in [2.24, 2.45) is 0 Å². The molecule has 0 aliphatic carbocycles. The minimum atomic E-state index is -3.52. The Bertz CT molecular complexity index is 998. The van der Waals surface area contributed by atoms with E-state index in [1.165, 1.54) is 4.31 Å². The van der Waals surface area contributed by atoms with Crippen LogP contribution >= 0.6 is 11.3 Å². The number of nitrogens with zero attached hydrogens (tertiary/aromatic N) is 2. The van der Waals surface area contributed by atoms with Crippen LogP contribution in [-0.2, 0) is 21.4 Å². The molecule has 0 radical (unpaired) electrons. The molecule has 1 fully saturated rings. The first-order chi connectivity index (χ1) is 13.0. The van der Waals surface area contributed by atoms with Crippen molar-refractivity contribution in [3.05, 3.63) is 53.5 Å². The molecule has 1 aliphatic rings. The number of rotatable bonds is 5. The summed E-state index contributed by atoms with van der Waals surface area (Å²) in [5.41, 5.74) is 0.960. The average molecular weight is 405 g/mol. The Morgan fingerprint density at radius 3 is 2.74 bits per heavy atom. The van der Waals surface area contributed by atoms with Crippen LogP contribution in [0, 0.1) is 0 Å². The number of hydrogen-bond acceptors (Lipinski definition) is 6. The van der Waals surface area contributed by atoms with Crippen molar-refractivity contribution in [1.29, 1.82) is 0 Å². The van der Waals surface area contributed by atoms with Crippen LogP contribution < -0.4 is 4.74 Å². The van der Waals surface area contributed by atoms with Crippen LogP contribution in [0.5, 0.6) is 5.75 Å². The van der Waals surface area contributed by atoms with Gasteiger partial charge in [-0.15, -0.1) is 11.3 Å². The first-order valence-corrected chi connectivity index (χ1v) is 11.0. The number of benzene rings is 2. The molecule has 0 unspecified atom stereocenters. The Hall–Kier alpha value is -2.00. The molecule has 0 bridgehead atoms. The van der Waals surface area contributed by atoms with Crippen molar-refractivity contribution in [1.82, 2.24) is 9.29 Å². The third-order valence-electron chi connectivity index (χ3n) is 4.44. The van der Waals surface area contributed by atoms with E-state index in [2.05, 4.69) is 4.98 Å². The third-order valence-corrected chi connectivity index (χ3v) is 7.48. The quantitative estimate of drug-likeness (QED) is 0.653. The van der Waals surface area contributed by atoms with Crippen molar-refractivity contribution in [2.45, 2.75) is 24.5 Å². The Morgan fingerprint density at radius 1 is 1.22 bits per heavy atom. The summed E-state index contributed by atoms with van der Waals surface area (Å²) in [5, 5.41) is 0.884. The Labute approximate surface area is 162 Å². The molecular weight excluding hydrogens is 384 g/mol. The van der Waals surface area contributed by atoms with Gasteiger partial charge in [0.05, 0.1) is 28.3 Å². The number of thiazole rings is 1. The fraction of sp³-hybridized carbons (Fsp3) is 0.316. The van der Waals surface area contributed by atoms with Crippen molar-refractivity contribution < 1.29 is 17.9 Å². The summed E-state index contributed by atoms with van der Waals surface area (Å²) < 4.78 is 39.3. The maximum absolute atomic E-state index is 12.8. The normalized spacial score (nSPS) is 18.6. The maximum Gasteiger partial charge on any atom is 0.243 e. The first kappa shape index (κ1) is 18.4. The zero-order chi connectivity index (χ0) is 18.9. The van der Waals surface area contributed by atoms with Crippen molar-refractivity contribution >= 4 is 31.6 Å². The van der Waals surface area contributed by atoms with E-state index in [1.807, 2.05) is 31.2 Å². The van der Waals surface area contributed by atoms with Gasteiger partial charge in [0.2, 0.25) is 10.0 Å². The lowest BCUT2D eigenvalue weighted by Gasteiger charge is -2.32. The zero-order valence-electron chi connectivity index (χ0n) is 14.9. The molecule has 1 aliphatic heterocycles. The van der Waals surface area contributed by atoms with Crippen molar-refractivity contribution in [3.63, 3.8) is 0 Å². The van der Waals surface area contributed by atoms with Gasteiger partial charge >= 0.3 is 0 Å². The molecule has 1 aromatic heterocycles. The molecule has 8 heteroatoms. The second-order valence-electron chi connectivity index (χ2n) is 6.38. The summed E-state index contributed by atoms with van der Waals surface area (Å²) >= 11 is 1.59. The van der Waals surface area contributed by atoms with Gasteiger partial charge in [-0.25, -0.2) is 13.4 Å². The lowest BCUT2D eigenvalue weighted by molar-refractivity contribution is 0.0393. The van der Waals surface area contributed by atoms with Gasteiger partial charge in [0.25, 0.3) is 0 Å². The molecule has 0 N–H and O–H groups in total. The average Bonchev–Trinajstić information content (AvgIpc) is 3.10. The van der Waals surface area contributed by atoms with E-state index in [0.717, 1.165) is 15.2 Å². The first-order valence-electron chi connectivity index (χ1n) is 8.71. The second-order valence-corrected chi connectivity index (χ2v) is 9.38. The molecule has 2 heterocycles. The summed E-state index contributed by atoms with van der Waals surface area (Å²) in [6.45, 7) is 3.42. The van der Waals surface area contributed by atoms with Gasteiger partial charge in [-0.2, -0.15) is 4.31 Å². The standard InChI is InChI=1S/C19H20N2O4S2/c1-14-12-24-11-10-21(14)27(22,23)16-8-6-15(7-9-16)25-13-19-20-17-4-2-3-5-18(17)26-19/h2-9,14H,10-13H2,1H3/t14-/m1/s1. The Balaban J connectivity index is 1.45. The van der Waals surface area contributed by atoms with Gasteiger partial charge in [0.1, 0.15) is 17.4 Å². The van der Waals surface area contributed by atoms with Crippen LogP contribution in [0.1, 0.15) is 11.9 Å². The highest BCUT2D eigenvalue weighted by Gasteiger charge is 2.31. The second kappa shape index (κ2) is 7.55. The van der Waals surface area contributed by atoms with Gasteiger partial charge < -0.3 is 9.47 Å². The van der Waals surface area contributed by atoms with E-state index in [9.17, 15) is 8.42 Å². The van der Waals surface area contributed by atoms with Gasteiger partial charge in [0, 0.05) is 12.6 Å². The number of sulfonamides is 1.